The van der Waals surface area contributed by atoms with Crippen LogP contribution in [0.3, 0.4) is 0 Å². The molecule has 0 aromatic heterocycles. The van der Waals surface area contributed by atoms with Crippen molar-refractivity contribution in [3.63, 3.8) is 0 Å². The zero-order valence-electron chi connectivity index (χ0n) is 28.5. The predicted octanol–water partition coefficient (Wildman–Crippen LogP) is 6.80. The van der Waals surface area contributed by atoms with E-state index in [0.717, 1.165) is 36.4 Å². The van der Waals surface area contributed by atoms with Crippen molar-refractivity contribution in [2.75, 3.05) is 11.5 Å². The number of azo groups is 3. The maximum Gasteiger partial charge on any atom is 0.296 e. The second-order valence-corrected chi connectivity index (χ2v) is 17.5. The van der Waals surface area contributed by atoms with E-state index in [1.54, 1.807) is 0 Å². The molecule has 22 nitrogen and oxygen atoms in total. The van der Waals surface area contributed by atoms with Gasteiger partial charge >= 0.3 is 0 Å². The fraction of sp³-hybridized carbons (Fsp3) is 0. The van der Waals surface area contributed by atoms with E-state index in [4.69, 9.17) is 11.5 Å². The summed E-state index contributed by atoms with van der Waals surface area (Å²) in [5, 5.41) is 44.2. The Labute approximate surface area is 326 Å². The molecule has 0 spiro atoms. The summed E-state index contributed by atoms with van der Waals surface area (Å²) in [6.07, 6.45) is 0. The van der Waals surface area contributed by atoms with Gasteiger partial charge in [0.2, 0.25) is 0 Å². The van der Waals surface area contributed by atoms with E-state index in [9.17, 15) is 62.1 Å². The third-order valence-electron chi connectivity index (χ3n) is 7.97. The highest BCUT2D eigenvalue weighted by Gasteiger charge is 2.26. The second kappa shape index (κ2) is 14.8. The number of nitrogens with zero attached hydrogens (tertiary/aromatic N) is 6. The standard InChI is InChI=1S/C32H24N8O14S4/c33-23-13-21(55(43,44)45)9-15-11-25(57(49,50)51)29(31(41)27(15)23)39-37-19-5-1-17(2-6-19)35-36-18-3-7-20(8-4-18)38-40-30-26(58(52,53)54)12-16-10-22(56(46,47)48)14-24(34)28(16)32(30)42/h1-14,41-42H,33-34H2,(H,43,44,45)(H,46,47,48)(H,49,50,51)(H,52,53,54). The average Bonchev–Trinajstić information content (AvgIpc) is 3.12. The predicted molar refractivity (Wildman–Crippen MR) is 205 cm³/mol. The molecule has 0 unspecified atom stereocenters. The maximum atomic E-state index is 12.2. The van der Waals surface area contributed by atoms with Gasteiger partial charge in [0.15, 0.2) is 11.5 Å². The minimum absolute atomic E-state index is 0.115. The van der Waals surface area contributed by atoms with Crippen molar-refractivity contribution in [1.82, 2.24) is 0 Å². The molecular weight excluding hydrogens is 849 g/mol. The smallest absolute Gasteiger partial charge is 0.296 e. The first-order valence-corrected chi connectivity index (χ1v) is 21.2. The molecule has 300 valence electrons. The minimum Gasteiger partial charge on any atom is -0.505 e. The number of phenols is 2. The highest BCUT2D eigenvalue weighted by Crippen LogP contribution is 2.46. The average molecular weight is 873 g/mol. The van der Waals surface area contributed by atoms with Crippen molar-refractivity contribution in [3.05, 3.63) is 84.9 Å². The maximum absolute atomic E-state index is 12.2. The van der Waals surface area contributed by atoms with Crippen LogP contribution in [0, 0.1) is 0 Å². The largest absolute Gasteiger partial charge is 0.505 e. The topological polar surface area (TPSA) is 384 Å². The summed E-state index contributed by atoms with van der Waals surface area (Å²) in [6, 6.07) is 16.3. The highest BCUT2D eigenvalue weighted by atomic mass is 32.2. The molecule has 6 rings (SSSR count). The Morgan fingerprint density at radius 3 is 0.931 bits per heavy atom. The van der Waals surface area contributed by atoms with E-state index < -0.39 is 82.9 Å². The normalized spacial score (nSPS) is 13.1. The minimum atomic E-state index is -5.07. The van der Waals surface area contributed by atoms with Crippen LogP contribution < -0.4 is 11.5 Å². The van der Waals surface area contributed by atoms with Crippen LogP contribution in [0.15, 0.2) is 135 Å². The van der Waals surface area contributed by atoms with E-state index >= 15 is 0 Å². The summed E-state index contributed by atoms with van der Waals surface area (Å²) in [6.45, 7) is 0. The van der Waals surface area contributed by atoms with E-state index in [2.05, 4.69) is 30.7 Å². The fourth-order valence-electron chi connectivity index (χ4n) is 5.37. The van der Waals surface area contributed by atoms with E-state index in [1.165, 1.54) is 48.5 Å². The number of anilines is 2. The lowest BCUT2D eigenvalue weighted by Gasteiger charge is -2.11. The molecule has 0 saturated carbocycles. The number of aromatic hydroxyl groups is 2. The van der Waals surface area contributed by atoms with Crippen molar-refractivity contribution in [2.24, 2.45) is 30.7 Å². The van der Waals surface area contributed by atoms with Gasteiger partial charge in [0, 0.05) is 22.1 Å². The summed E-state index contributed by atoms with van der Waals surface area (Å²) in [5.74, 6) is -1.71. The summed E-state index contributed by atoms with van der Waals surface area (Å²) >= 11 is 0. The molecule has 0 bridgehead atoms. The number of nitrogen functional groups attached to an aromatic ring is 2. The number of rotatable bonds is 10. The Hall–Kier alpha value is -6.52. The number of fused-ring (bicyclic) bond motifs is 2. The highest BCUT2D eigenvalue weighted by molar-refractivity contribution is 7.86. The van der Waals surface area contributed by atoms with Gasteiger partial charge in [-0.05, 0) is 95.7 Å². The molecule has 0 amide bonds. The molecule has 0 atom stereocenters. The molecule has 6 aromatic carbocycles. The molecule has 0 aliphatic carbocycles. The molecule has 0 radical (unpaired) electrons. The number of hydrogen-bond acceptors (Lipinski definition) is 18. The van der Waals surface area contributed by atoms with Gasteiger partial charge in [0.05, 0.1) is 32.5 Å². The van der Waals surface area contributed by atoms with Gasteiger partial charge in [-0.25, -0.2) is 0 Å². The summed E-state index contributed by atoms with van der Waals surface area (Å²) in [4.78, 5) is -3.27. The third kappa shape index (κ3) is 8.57. The first-order valence-electron chi connectivity index (χ1n) is 15.5. The molecule has 58 heavy (non-hydrogen) atoms. The van der Waals surface area contributed by atoms with Crippen molar-refractivity contribution in [3.8, 4) is 11.5 Å². The first-order chi connectivity index (χ1) is 26.9. The van der Waals surface area contributed by atoms with Crippen LogP contribution in [-0.2, 0) is 40.5 Å². The molecule has 0 heterocycles. The molecule has 0 saturated heterocycles. The fourth-order valence-corrected chi connectivity index (χ4v) is 7.79. The number of hydrogen-bond donors (Lipinski definition) is 8. The number of nitrogens with two attached hydrogens (primary N) is 2. The monoisotopic (exact) mass is 872 g/mol. The lowest BCUT2D eigenvalue weighted by Crippen LogP contribution is -2.02. The Bertz CT molecular complexity index is 3030. The van der Waals surface area contributed by atoms with Crippen molar-refractivity contribution in [1.29, 1.82) is 0 Å². The van der Waals surface area contributed by atoms with Crippen LogP contribution >= 0.6 is 0 Å². The molecule has 6 aromatic rings. The quantitative estimate of drug-likeness (QED) is 0.0398. The Morgan fingerprint density at radius 2 is 0.672 bits per heavy atom. The molecular formula is C32H24N8O14S4. The van der Waals surface area contributed by atoms with Gasteiger partial charge in [-0.3, -0.25) is 18.2 Å². The first kappa shape index (κ1) is 41.1. The van der Waals surface area contributed by atoms with E-state index in [0.29, 0.717) is 11.4 Å². The summed E-state index contributed by atoms with van der Waals surface area (Å²) in [7, 11) is -19.7. The van der Waals surface area contributed by atoms with Gasteiger partial charge in [-0.15, -0.1) is 10.2 Å². The zero-order chi connectivity index (χ0) is 42.5. The van der Waals surface area contributed by atoms with Gasteiger partial charge in [-0.1, -0.05) is 0 Å². The Balaban J connectivity index is 1.22. The molecule has 0 aliphatic rings. The second-order valence-electron chi connectivity index (χ2n) is 11.9. The third-order valence-corrected chi connectivity index (χ3v) is 11.4. The van der Waals surface area contributed by atoms with Gasteiger partial charge in [-0.2, -0.15) is 54.1 Å². The number of phenolic OH excluding ortho intramolecular Hbond substituents is 2. The lowest BCUT2D eigenvalue weighted by atomic mass is 10.1. The Morgan fingerprint density at radius 1 is 0.397 bits per heavy atom. The van der Waals surface area contributed by atoms with Crippen LogP contribution in [0.1, 0.15) is 0 Å². The van der Waals surface area contributed by atoms with Crippen LogP contribution in [0.25, 0.3) is 21.5 Å². The number of benzene rings is 6. The van der Waals surface area contributed by atoms with Crippen molar-refractivity contribution in [2.45, 2.75) is 19.6 Å². The van der Waals surface area contributed by atoms with Gasteiger partial charge in [0.25, 0.3) is 40.5 Å². The van der Waals surface area contributed by atoms with Crippen molar-refractivity contribution < 1.29 is 62.1 Å². The molecule has 0 fully saturated rings. The van der Waals surface area contributed by atoms with Crippen LogP contribution in [-0.4, -0.2) is 62.1 Å². The SMILES string of the molecule is Nc1cc(S(=O)(=O)O)cc2cc(S(=O)(=O)O)c(N=Nc3ccc(N=Nc4ccc(N=Nc5c(S(=O)(=O)O)cc6cc(S(=O)(=O)O)cc(N)c6c5O)cc4)cc3)c(O)c12. The van der Waals surface area contributed by atoms with Crippen LogP contribution in [0.4, 0.5) is 45.5 Å². The van der Waals surface area contributed by atoms with Crippen molar-refractivity contribution >= 4 is 108 Å². The zero-order valence-corrected chi connectivity index (χ0v) is 31.8. The van der Waals surface area contributed by atoms with Crippen LogP contribution in [0.5, 0.6) is 11.5 Å². The van der Waals surface area contributed by atoms with Gasteiger partial charge < -0.3 is 21.7 Å². The van der Waals surface area contributed by atoms with E-state index in [1.807, 2.05) is 0 Å². The summed E-state index contributed by atoms with van der Waals surface area (Å²) < 4.78 is 133. The molecule has 10 N–H and O–H groups in total. The Kier molecular flexibility index (Phi) is 10.5. The van der Waals surface area contributed by atoms with Gasteiger partial charge in [0.1, 0.15) is 21.2 Å². The van der Waals surface area contributed by atoms with Crippen LogP contribution in [0.2, 0.25) is 0 Å². The molecule has 26 heteroatoms. The summed E-state index contributed by atoms with van der Waals surface area (Å²) in [5.41, 5.74) is 10.4. The van der Waals surface area contributed by atoms with E-state index in [-0.39, 0.29) is 44.3 Å². The lowest BCUT2D eigenvalue weighted by molar-refractivity contribution is 0.471. The molecule has 0 aliphatic heterocycles.